The summed E-state index contributed by atoms with van der Waals surface area (Å²) in [6.07, 6.45) is 1.56. The predicted molar refractivity (Wildman–Crippen MR) is 68.7 cm³/mol. The average Bonchev–Trinajstić information content (AvgIpc) is 2.25. The summed E-state index contributed by atoms with van der Waals surface area (Å²) in [4.78, 5) is 0. The third-order valence-electron chi connectivity index (χ3n) is 2.30. The summed E-state index contributed by atoms with van der Waals surface area (Å²) < 4.78 is 18.9. The van der Waals surface area contributed by atoms with Crippen molar-refractivity contribution in [1.82, 2.24) is 5.32 Å². The highest BCUT2D eigenvalue weighted by Gasteiger charge is 2.05. The monoisotopic (exact) mass is 237 g/mol. The number of rotatable bonds is 6. The predicted octanol–water partition coefficient (Wildman–Crippen LogP) is 3.28. The molecule has 1 aromatic rings. The molecule has 1 aromatic carbocycles. The second-order valence-electron chi connectivity index (χ2n) is 4.39. The molecule has 0 fully saturated rings. The maximum absolute atomic E-state index is 13.4. The minimum absolute atomic E-state index is 0.122. The van der Waals surface area contributed by atoms with Crippen molar-refractivity contribution in [3.63, 3.8) is 0 Å². The fraction of sp³-hybridized carbons (Fsp3) is 0.429. The smallest absolute Gasteiger partial charge is 0.127 e. The molecule has 1 atom stereocenters. The minimum Gasteiger partial charge on any atom is -0.487 e. The molecule has 0 heterocycles. The SMILES string of the molecule is C=CC(C)Oc1cc(F)cc(CNC(C)C)c1. The second kappa shape index (κ2) is 6.40. The first-order valence-electron chi connectivity index (χ1n) is 5.83. The van der Waals surface area contributed by atoms with Crippen LogP contribution in [0.3, 0.4) is 0 Å². The number of halogens is 1. The molecule has 0 aromatic heterocycles. The minimum atomic E-state index is -0.278. The van der Waals surface area contributed by atoms with Crippen molar-refractivity contribution in [2.45, 2.75) is 39.5 Å². The Morgan fingerprint density at radius 1 is 1.35 bits per heavy atom. The first-order chi connectivity index (χ1) is 8.01. The van der Waals surface area contributed by atoms with Gasteiger partial charge in [-0.05, 0) is 24.6 Å². The summed E-state index contributed by atoms with van der Waals surface area (Å²) in [6.45, 7) is 10.2. The molecular formula is C14H20FNO. The van der Waals surface area contributed by atoms with Gasteiger partial charge in [0, 0.05) is 18.7 Å². The molecule has 0 aliphatic heterocycles. The van der Waals surface area contributed by atoms with Crippen molar-refractivity contribution >= 4 is 0 Å². The van der Waals surface area contributed by atoms with E-state index in [9.17, 15) is 4.39 Å². The van der Waals surface area contributed by atoms with Crippen LogP contribution in [0, 0.1) is 5.82 Å². The van der Waals surface area contributed by atoms with Crippen LogP contribution in [0.2, 0.25) is 0 Å². The van der Waals surface area contributed by atoms with Crippen molar-refractivity contribution in [2.75, 3.05) is 0 Å². The Kier molecular flexibility index (Phi) is 5.16. The topological polar surface area (TPSA) is 21.3 Å². The summed E-state index contributed by atoms with van der Waals surface area (Å²) in [5.41, 5.74) is 0.880. The van der Waals surface area contributed by atoms with Crippen molar-refractivity contribution in [1.29, 1.82) is 0 Å². The van der Waals surface area contributed by atoms with Gasteiger partial charge in [0.05, 0.1) is 0 Å². The number of nitrogens with one attached hydrogen (secondary N) is 1. The molecule has 1 unspecified atom stereocenters. The molecule has 0 radical (unpaired) electrons. The molecule has 0 bridgehead atoms. The molecule has 0 spiro atoms. The summed E-state index contributed by atoms with van der Waals surface area (Å²) in [6, 6.07) is 5.12. The number of hydrogen-bond acceptors (Lipinski definition) is 2. The van der Waals surface area contributed by atoms with Gasteiger partial charge in [-0.3, -0.25) is 0 Å². The van der Waals surface area contributed by atoms with E-state index in [4.69, 9.17) is 4.74 Å². The molecule has 1 rings (SSSR count). The van der Waals surface area contributed by atoms with Crippen LogP contribution < -0.4 is 10.1 Å². The van der Waals surface area contributed by atoms with Gasteiger partial charge in [0.2, 0.25) is 0 Å². The quantitative estimate of drug-likeness (QED) is 0.767. The molecule has 0 aliphatic carbocycles. The highest BCUT2D eigenvalue weighted by molar-refractivity contribution is 5.30. The lowest BCUT2D eigenvalue weighted by atomic mass is 10.2. The maximum atomic E-state index is 13.4. The van der Waals surface area contributed by atoms with E-state index in [2.05, 4.69) is 25.7 Å². The van der Waals surface area contributed by atoms with Crippen molar-refractivity contribution < 1.29 is 9.13 Å². The summed E-state index contributed by atoms with van der Waals surface area (Å²) in [7, 11) is 0. The van der Waals surface area contributed by atoms with Gasteiger partial charge in [-0.25, -0.2) is 4.39 Å². The van der Waals surface area contributed by atoms with Crippen LogP contribution in [-0.2, 0) is 6.54 Å². The zero-order valence-corrected chi connectivity index (χ0v) is 10.7. The Hall–Kier alpha value is -1.35. The van der Waals surface area contributed by atoms with E-state index in [-0.39, 0.29) is 11.9 Å². The molecule has 17 heavy (non-hydrogen) atoms. The zero-order chi connectivity index (χ0) is 12.8. The second-order valence-corrected chi connectivity index (χ2v) is 4.39. The molecule has 3 heteroatoms. The first-order valence-corrected chi connectivity index (χ1v) is 5.83. The van der Waals surface area contributed by atoms with E-state index in [1.807, 2.05) is 13.0 Å². The van der Waals surface area contributed by atoms with Gasteiger partial charge in [-0.2, -0.15) is 0 Å². The lowest BCUT2D eigenvalue weighted by Crippen LogP contribution is -2.22. The summed E-state index contributed by atoms with van der Waals surface area (Å²) >= 11 is 0. The molecule has 0 amide bonds. The van der Waals surface area contributed by atoms with Gasteiger partial charge < -0.3 is 10.1 Å². The van der Waals surface area contributed by atoms with Crippen molar-refractivity contribution in [3.8, 4) is 5.75 Å². The van der Waals surface area contributed by atoms with E-state index in [0.717, 1.165) is 5.56 Å². The summed E-state index contributed by atoms with van der Waals surface area (Å²) in [5, 5.41) is 3.24. The normalized spacial score (nSPS) is 12.5. The van der Waals surface area contributed by atoms with Crippen molar-refractivity contribution in [3.05, 3.63) is 42.2 Å². The standard InChI is InChI=1S/C14H20FNO/c1-5-11(4)17-14-7-12(6-13(15)8-14)9-16-10(2)3/h5-8,10-11,16H,1,9H2,2-4H3. The lowest BCUT2D eigenvalue weighted by molar-refractivity contribution is 0.268. The van der Waals surface area contributed by atoms with E-state index in [1.54, 1.807) is 6.08 Å². The molecule has 2 nitrogen and oxygen atoms in total. The third kappa shape index (κ3) is 5.00. The van der Waals surface area contributed by atoms with Crippen LogP contribution in [0.1, 0.15) is 26.3 Å². The molecule has 0 saturated heterocycles. The van der Waals surface area contributed by atoms with E-state index < -0.39 is 0 Å². The van der Waals surface area contributed by atoms with Gasteiger partial charge in [0.1, 0.15) is 17.7 Å². The molecule has 94 valence electrons. The molecule has 0 aliphatic rings. The largest absolute Gasteiger partial charge is 0.487 e. The average molecular weight is 237 g/mol. The number of hydrogen-bond donors (Lipinski definition) is 1. The Morgan fingerprint density at radius 2 is 2.06 bits per heavy atom. The van der Waals surface area contributed by atoms with Gasteiger partial charge in [0.25, 0.3) is 0 Å². The van der Waals surface area contributed by atoms with Crippen molar-refractivity contribution in [2.24, 2.45) is 0 Å². The van der Waals surface area contributed by atoms with Gasteiger partial charge in [0.15, 0.2) is 0 Å². The highest BCUT2D eigenvalue weighted by Crippen LogP contribution is 2.18. The van der Waals surface area contributed by atoms with E-state index in [1.165, 1.54) is 12.1 Å². The fourth-order valence-electron chi connectivity index (χ4n) is 1.38. The third-order valence-corrected chi connectivity index (χ3v) is 2.30. The van der Waals surface area contributed by atoms with Gasteiger partial charge >= 0.3 is 0 Å². The molecular weight excluding hydrogens is 217 g/mol. The van der Waals surface area contributed by atoms with Crippen LogP contribution in [0.4, 0.5) is 4.39 Å². The molecule has 0 saturated carbocycles. The Morgan fingerprint density at radius 3 is 2.65 bits per heavy atom. The Labute approximate surface area is 102 Å². The van der Waals surface area contributed by atoms with Gasteiger partial charge in [-0.15, -0.1) is 0 Å². The Balaban J connectivity index is 2.75. The fourth-order valence-corrected chi connectivity index (χ4v) is 1.38. The van der Waals surface area contributed by atoms with Gasteiger partial charge in [-0.1, -0.05) is 26.5 Å². The zero-order valence-electron chi connectivity index (χ0n) is 10.7. The van der Waals surface area contributed by atoms with Crippen LogP contribution >= 0.6 is 0 Å². The summed E-state index contributed by atoms with van der Waals surface area (Å²) in [5.74, 6) is 0.261. The Bertz CT molecular complexity index is 376. The number of benzene rings is 1. The number of ether oxygens (including phenoxy) is 1. The van der Waals surface area contributed by atoms with E-state index >= 15 is 0 Å². The maximum Gasteiger partial charge on any atom is 0.127 e. The molecule has 1 N–H and O–H groups in total. The highest BCUT2D eigenvalue weighted by atomic mass is 19.1. The van der Waals surface area contributed by atoms with Crippen LogP contribution in [0.25, 0.3) is 0 Å². The van der Waals surface area contributed by atoms with Crippen LogP contribution in [0.5, 0.6) is 5.75 Å². The first kappa shape index (κ1) is 13.7. The van der Waals surface area contributed by atoms with E-state index in [0.29, 0.717) is 18.3 Å². The van der Waals surface area contributed by atoms with Crippen LogP contribution in [-0.4, -0.2) is 12.1 Å². The van der Waals surface area contributed by atoms with Crippen LogP contribution in [0.15, 0.2) is 30.9 Å². The lowest BCUT2D eigenvalue weighted by Gasteiger charge is -2.13.